The molecule has 0 aliphatic heterocycles. The van der Waals surface area contributed by atoms with Crippen molar-refractivity contribution in [2.45, 2.75) is 24.8 Å². The van der Waals surface area contributed by atoms with Gasteiger partial charge in [-0.05, 0) is 49.6 Å². The molecule has 3 rings (SSSR count). The summed E-state index contributed by atoms with van der Waals surface area (Å²) >= 11 is 0. The molecule has 1 amide bonds. The standard InChI is InChI=1S/C19H19FN2O3/c1-21-17(23)15-9-8-13(12-16(15)20)22-19(10-5-11-19)18(24)25-14-6-3-2-4-7-14/h2-4,6-9,12,22H,5,10-11H2,1H3,(H,21,23). The van der Waals surface area contributed by atoms with Crippen molar-refractivity contribution in [1.82, 2.24) is 5.32 Å². The maximum absolute atomic E-state index is 14.1. The van der Waals surface area contributed by atoms with Gasteiger partial charge < -0.3 is 15.4 Å². The Labute approximate surface area is 145 Å². The van der Waals surface area contributed by atoms with Gasteiger partial charge in [0.1, 0.15) is 17.1 Å². The Hall–Kier alpha value is -2.89. The van der Waals surface area contributed by atoms with Gasteiger partial charge in [0.05, 0.1) is 5.56 Å². The van der Waals surface area contributed by atoms with E-state index in [9.17, 15) is 14.0 Å². The Bertz CT molecular complexity index is 789. The molecule has 0 bridgehead atoms. The molecule has 2 N–H and O–H groups in total. The molecule has 0 saturated heterocycles. The van der Waals surface area contributed by atoms with Gasteiger partial charge in [-0.15, -0.1) is 0 Å². The van der Waals surface area contributed by atoms with E-state index in [1.54, 1.807) is 30.3 Å². The minimum Gasteiger partial charge on any atom is -0.425 e. The van der Waals surface area contributed by atoms with Crippen molar-refractivity contribution in [2.24, 2.45) is 0 Å². The Kier molecular flexibility index (Phi) is 4.70. The molecule has 1 aliphatic carbocycles. The van der Waals surface area contributed by atoms with Crippen molar-refractivity contribution in [3.63, 3.8) is 0 Å². The molecule has 130 valence electrons. The lowest BCUT2D eigenvalue weighted by atomic mass is 9.76. The highest BCUT2D eigenvalue weighted by molar-refractivity contribution is 5.95. The molecule has 2 aromatic carbocycles. The number of halogens is 1. The number of carbonyl (C=O) groups excluding carboxylic acids is 2. The van der Waals surface area contributed by atoms with E-state index in [1.165, 1.54) is 19.2 Å². The Morgan fingerprint density at radius 3 is 2.40 bits per heavy atom. The summed E-state index contributed by atoms with van der Waals surface area (Å²) in [6, 6.07) is 13.0. The predicted molar refractivity (Wildman–Crippen MR) is 92.1 cm³/mol. The summed E-state index contributed by atoms with van der Waals surface area (Å²) in [5.74, 6) is -1.05. The van der Waals surface area contributed by atoms with E-state index in [-0.39, 0.29) is 11.5 Å². The number of benzene rings is 2. The summed E-state index contributed by atoms with van der Waals surface area (Å²) in [4.78, 5) is 24.1. The summed E-state index contributed by atoms with van der Waals surface area (Å²) in [5.41, 5.74) is -0.464. The third-order valence-electron chi connectivity index (χ3n) is 4.38. The molecule has 1 aliphatic rings. The van der Waals surface area contributed by atoms with Crippen LogP contribution >= 0.6 is 0 Å². The SMILES string of the molecule is CNC(=O)c1ccc(NC2(C(=O)Oc3ccccc3)CCC2)cc1F. The maximum atomic E-state index is 14.1. The minimum atomic E-state index is -0.864. The zero-order valence-corrected chi connectivity index (χ0v) is 13.8. The molecular formula is C19H19FN2O3. The maximum Gasteiger partial charge on any atom is 0.337 e. The minimum absolute atomic E-state index is 0.0393. The first-order chi connectivity index (χ1) is 12.0. The van der Waals surface area contributed by atoms with Gasteiger partial charge in [-0.2, -0.15) is 0 Å². The molecular weight excluding hydrogens is 323 g/mol. The second-order valence-electron chi connectivity index (χ2n) is 6.04. The van der Waals surface area contributed by atoms with Crippen LogP contribution in [0, 0.1) is 5.82 Å². The molecule has 1 fully saturated rings. The van der Waals surface area contributed by atoms with Gasteiger partial charge in [-0.3, -0.25) is 4.79 Å². The number of ether oxygens (including phenoxy) is 1. The van der Waals surface area contributed by atoms with E-state index < -0.39 is 17.3 Å². The summed E-state index contributed by atoms with van der Waals surface area (Å²) in [6.45, 7) is 0. The van der Waals surface area contributed by atoms with Crippen molar-refractivity contribution in [1.29, 1.82) is 0 Å². The molecule has 0 unspecified atom stereocenters. The number of anilines is 1. The van der Waals surface area contributed by atoms with Crippen LogP contribution in [0.5, 0.6) is 5.75 Å². The Balaban J connectivity index is 1.76. The van der Waals surface area contributed by atoms with E-state index in [0.717, 1.165) is 6.42 Å². The molecule has 25 heavy (non-hydrogen) atoms. The van der Waals surface area contributed by atoms with Gasteiger partial charge in [0.25, 0.3) is 5.91 Å². The number of para-hydroxylation sites is 1. The van der Waals surface area contributed by atoms with Crippen LogP contribution in [0.25, 0.3) is 0 Å². The van der Waals surface area contributed by atoms with Crippen LogP contribution in [-0.4, -0.2) is 24.5 Å². The molecule has 0 radical (unpaired) electrons. The number of carbonyl (C=O) groups is 2. The first-order valence-corrected chi connectivity index (χ1v) is 8.11. The summed E-state index contributed by atoms with van der Waals surface area (Å²) in [5, 5.41) is 5.47. The van der Waals surface area contributed by atoms with Gasteiger partial charge in [0.15, 0.2) is 0 Å². The second kappa shape index (κ2) is 6.93. The molecule has 6 heteroatoms. The molecule has 5 nitrogen and oxygen atoms in total. The first kappa shape index (κ1) is 17.0. The fourth-order valence-electron chi connectivity index (χ4n) is 2.79. The molecule has 1 saturated carbocycles. The smallest absolute Gasteiger partial charge is 0.337 e. The highest BCUT2D eigenvalue weighted by atomic mass is 19.1. The molecule has 0 aromatic heterocycles. The van der Waals surface area contributed by atoms with Crippen LogP contribution in [0.3, 0.4) is 0 Å². The van der Waals surface area contributed by atoms with E-state index >= 15 is 0 Å². The van der Waals surface area contributed by atoms with E-state index in [1.807, 2.05) is 6.07 Å². The lowest BCUT2D eigenvalue weighted by Crippen LogP contribution is -2.54. The van der Waals surface area contributed by atoms with Crippen molar-refractivity contribution in [3.05, 3.63) is 59.9 Å². The average molecular weight is 342 g/mol. The number of amides is 1. The van der Waals surface area contributed by atoms with Gasteiger partial charge in [-0.1, -0.05) is 18.2 Å². The number of nitrogens with one attached hydrogen (secondary N) is 2. The van der Waals surface area contributed by atoms with Crippen LogP contribution in [-0.2, 0) is 4.79 Å². The van der Waals surface area contributed by atoms with Gasteiger partial charge in [0.2, 0.25) is 0 Å². The van der Waals surface area contributed by atoms with E-state index in [4.69, 9.17) is 4.74 Å². The Morgan fingerprint density at radius 2 is 1.84 bits per heavy atom. The molecule has 2 aromatic rings. The highest BCUT2D eigenvalue weighted by Gasteiger charge is 2.46. The summed E-state index contributed by atoms with van der Waals surface area (Å²) in [7, 11) is 1.44. The van der Waals surface area contributed by atoms with Gasteiger partial charge in [-0.25, -0.2) is 9.18 Å². The number of hydrogen-bond acceptors (Lipinski definition) is 4. The lowest BCUT2D eigenvalue weighted by molar-refractivity contribution is -0.142. The van der Waals surface area contributed by atoms with E-state index in [2.05, 4.69) is 10.6 Å². The topological polar surface area (TPSA) is 67.4 Å². The lowest BCUT2D eigenvalue weighted by Gasteiger charge is -2.40. The van der Waals surface area contributed by atoms with E-state index in [0.29, 0.717) is 24.3 Å². The van der Waals surface area contributed by atoms with Gasteiger partial charge in [0, 0.05) is 12.7 Å². The average Bonchev–Trinajstić information content (AvgIpc) is 2.58. The third kappa shape index (κ3) is 3.47. The summed E-state index contributed by atoms with van der Waals surface area (Å²) in [6.07, 6.45) is 2.10. The quantitative estimate of drug-likeness (QED) is 0.647. The fourth-order valence-corrected chi connectivity index (χ4v) is 2.79. The largest absolute Gasteiger partial charge is 0.425 e. The summed E-state index contributed by atoms with van der Waals surface area (Å²) < 4.78 is 19.6. The van der Waals surface area contributed by atoms with Crippen LogP contribution < -0.4 is 15.4 Å². The second-order valence-corrected chi connectivity index (χ2v) is 6.04. The molecule has 0 spiro atoms. The van der Waals surface area contributed by atoms with Crippen LogP contribution in [0.1, 0.15) is 29.6 Å². The third-order valence-corrected chi connectivity index (χ3v) is 4.38. The predicted octanol–water partition coefficient (Wildman–Crippen LogP) is 3.13. The normalized spacial score (nSPS) is 15.0. The highest BCUT2D eigenvalue weighted by Crippen LogP contribution is 2.37. The Morgan fingerprint density at radius 1 is 1.12 bits per heavy atom. The first-order valence-electron chi connectivity index (χ1n) is 8.11. The van der Waals surface area contributed by atoms with Crippen LogP contribution in [0.2, 0.25) is 0 Å². The molecule has 0 atom stereocenters. The number of rotatable bonds is 5. The fraction of sp³-hybridized carbons (Fsp3) is 0.263. The zero-order chi connectivity index (χ0) is 17.9. The molecule has 0 heterocycles. The van der Waals surface area contributed by atoms with Crippen molar-refractivity contribution in [3.8, 4) is 5.75 Å². The van der Waals surface area contributed by atoms with Crippen molar-refractivity contribution >= 4 is 17.6 Å². The van der Waals surface area contributed by atoms with Crippen molar-refractivity contribution in [2.75, 3.05) is 12.4 Å². The van der Waals surface area contributed by atoms with Gasteiger partial charge >= 0.3 is 5.97 Å². The van der Waals surface area contributed by atoms with Crippen LogP contribution in [0.4, 0.5) is 10.1 Å². The van der Waals surface area contributed by atoms with Crippen LogP contribution in [0.15, 0.2) is 48.5 Å². The monoisotopic (exact) mass is 342 g/mol. The zero-order valence-electron chi connectivity index (χ0n) is 13.8. The van der Waals surface area contributed by atoms with Crippen molar-refractivity contribution < 1.29 is 18.7 Å². The number of esters is 1. The number of hydrogen-bond donors (Lipinski definition) is 2.